The van der Waals surface area contributed by atoms with Crippen LogP contribution in [-0.2, 0) is 11.3 Å². The maximum atomic E-state index is 13.9. The number of benzene rings is 3. The summed E-state index contributed by atoms with van der Waals surface area (Å²) in [4.78, 5) is 22.0. The van der Waals surface area contributed by atoms with Gasteiger partial charge in [0.05, 0.1) is 24.2 Å². The van der Waals surface area contributed by atoms with Crippen molar-refractivity contribution in [2.45, 2.75) is 51.4 Å². The van der Waals surface area contributed by atoms with E-state index in [-0.39, 0.29) is 17.7 Å². The molecule has 0 bridgehead atoms. The van der Waals surface area contributed by atoms with Gasteiger partial charge in [0.1, 0.15) is 6.04 Å². The van der Waals surface area contributed by atoms with Gasteiger partial charge in [-0.05, 0) is 65.4 Å². The molecule has 0 unspecified atom stereocenters. The Balaban J connectivity index is 1.25. The van der Waals surface area contributed by atoms with E-state index in [9.17, 15) is 4.79 Å². The second-order valence-corrected chi connectivity index (χ2v) is 12.1. The van der Waals surface area contributed by atoms with E-state index in [4.69, 9.17) is 4.74 Å². The lowest BCUT2D eigenvalue weighted by atomic mass is 9.95. The molecule has 5 aromatic rings. The Hall–Kier alpha value is -4.18. The Morgan fingerprint density at radius 1 is 0.864 bits per heavy atom. The lowest BCUT2D eigenvalue weighted by Crippen LogP contribution is -2.50. The number of aryl methyl sites for hydroxylation is 2. The van der Waals surface area contributed by atoms with Gasteiger partial charge in [0.15, 0.2) is 5.82 Å². The molecular formula is C35H39N7O2. The van der Waals surface area contributed by atoms with Gasteiger partial charge in [0.2, 0.25) is 0 Å². The maximum Gasteiger partial charge on any atom is 0.253 e. The van der Waals surface area contributed by atoms with Crippen LogP contribution in [0.2, 0.25) is 0 Å². The van der Waals surface area contributed by atoms with Crippen LogP contribution in [0.25, 0.3) is 10.9 Å². The van der Waals surface area contributed by atoms with E-state index >= 15 is 0 Å². The predicted molar refractivity (Wildman–Crippen MR) is 171 cm³/mol. The topological polar surface area (TPSA) is 92.2 Å². The minimum Gasteiger partial charge on any atom is -0.376 e. The van der Waals surface area contributed by atoms with Crippen molar-refractivity contribution in [2.75, 3.05) is 32.8 Å². The summed E-state index contributed by atoms with van der Waals surface area (Å²) in [5.41, 5.74) is 6.19. The molecule has 0 radical (unpaired) electrons. The van der Waals surface area contributed by atoms with Gasteiger partial charge in [-0.1, -0.05) is 72.8 Å². The molecule has 2 atom stereocenters. The Bertz CT molecular complexity index is 1730. The summed E-state index contributed by atoms with van der Waals surface area (Å²) in [6, 6.07) is 27.4. The zero-order chi connectivity index (χ0) is 30.0. The van der Waals surface area contributed by atoms with Gasteiger partial charge in [-0.3, -0.25) is 14.6 Å². The van der Waals surface area contributed by atoms with Gasteiger partial charge in [-0.15, -0.1) is 5.10 Å². The molecule has 2 fully saturated rings. The van der Waals surface area contributed by atoms with Crippen molar-refractivity contribution in [3.05, 3.63) is 123 Å². The zero-order valence-electron chi connectivity index (χ0n) is 25.4. The second-order valence-electron chi connectivity index (χ2n) is 12.1. The highest BCUT2D eigenvalue weighted by Gasteiger charge is 2.35. The Kier molecular flexibility index (Phi) is 8.08. The molecule has 226 valence electrons. The Morgan fingerprint density at radius 3 is 2.14 bits per heavy atom. The minimum absolute atomic E-state index is 0.0760. The molecule has 2 aliphatic heterocycles. The van der Waals surface area contributed by atoms with Crippen molar-refractivity contribution in [1.82, 2.24) is 35.0 Å². The molecular weight excluding hydrogens is 550 g/mol. The number of hydrogen-bond acceptors (Lipinski definition) is 7. The highest BCUT2D eigenvalue weighted by Crippen LogP contribution is 2.33. The van der Waals surface area contributed by atoms with Crippen molar-refractivity contribution < 1.29 is 4.74 Å². The van der Waals surface area contributed by atoms with Crippen molar-refractivity contribution >= 4 is 10.9 Å². The van der Waals surface area contributed by atoms with Gasteiger partial charge in [0, 0.05) is 43.7 Å². The third kappa shape index (κ3) is 5.58. The third-order valence-corrected chi connectivity index (χ3v) is 9.28. The van der Waals surface area contributed by atoms with Crippen LogP contribution in [0.5, 0.6) is 0 Å². The molecule has 0 spiro atoms. The molecule has 0 amide bonds. The molecule has 3 aromatic carbocycles. The number of H-pyrrole nitrogens is 1. The van der Waals surface area contributed by atoms with E-state index < -0.39 is 6.04 Å². The number of pyridine rings is 1. The van der Waals surface area contributed by atoms with Crippen LogP contribution in [0.4, 0.5) is 0 Å². The molecule has 0 saturated carbocycles. The molecule has 1 N–H and O–H groups in total. The summed E-state index contributed by atoms with van der Waals surface area (Å²) in [5.74, 6) is 0.687. The van der Waals surface area contributed by atoms with Crippen LogP contribution in [0.1, 0.15) is 58.6 Å². The van der Waals surface area contributed by atoms with E-state index in [1.807, 2.05) is 11.6 Å². The average molecular weight is 590 g/mol. The molecule has 7 rings (SSSR count). The van der Waals surface area contributed by atoms with Crippen LogP contribution in [0.15, 0.2) is 83.7 Å². The van der Waals surface area contributed by atoms with E-state index in [0.29, 0.717) is 17.9 Å². The SMILES string of the molecule is Cc1ccc(C)c2[nH]c(=O)c([C@@H](c3nnnn3C[C@H]3CCCO3)N3CCN(C(c4ccccc4)c4ccccc4)CC3)cc12. The summed E-state index contributed by atoms with van der Waals surface area (Å²) in [7, 11) is 0. The largest absolute Gasteiger partial charge is 0.376 e. The maximum absolute atomic E-state index is 13.9. The summed E-state index contributed by atoms with van der Waals surface area (Å²) in [6.07, 6.45) is 2.10. The smallest absolute Gasteiger partial charge is 0.253 e. The van der Waals surface area contributed by atoms with Crippen LogP contribution in [-0.4, -0.2) is 73.9 Å². The van der Waals surface area contributed by atoms with Gasteiger partial charge in [-0.25, -0.2) is 4.68 Å². The van der Waals surface area contributed by atoms with E-state index in [1.54, 1.807) is 0 Å². The quantitative estimate of drug-likeness (QED) is 0.278. The summed E-state index contributed by atoms with van der Waals surface area (Å²) in [6.45, 7) is 8.66. The zero-order valence-corrected chi connectivity index (χ0v) is 25.4. The Labute approximate surface area is 257 Å². The van der Waals surface area contributed by atoms with Gasteiger partial charge >= 0.3 is 0 Å². The van der Waals surface area contributed by atoms with Crippen molar-refractivity contribution in [2.24, 2.45) is 0 Å². The normalized spacial score (nSPS) is 18.8. The van der Waals surface area contributed by atoms with Crippen LogP contribution in [0.3, 0.4) is 0 Å². The van der Waals surface area contributed by atoms with E-state index in [2.05, 4.69) is 116 Å². The molecule has 0 aliphatic carbocycles. The first-order chi connectivity index (χ1) is 21.6. The minimum atomic E-state index is -0.395. The highest BCUT2D eigenvalue weighted by molar-refractivity contribution is 5.85. The number of piperazine rings is 1. The fourth-order valence-corrected chi connectivity index (χ4v) is 6.95. The second kappa shape index (κ2) is 12.4. The van der Waals surface area contributed by atoms with E-state index in [0.717, 1.165) is 67.7 Å². The first-order valence-electron chi connectivity index (χ1n) is 15.7. The summed E-state index contributed by atoms with van der Waals surface area (Å²) >= 11 is 0. The average Bonchev–Trinajstić information content (AvgIpc) is 3.75. The van der Waals surface area contributed by atoms with Crippen molar-refractivity contribution in [3.63, 3.8) is 0 Å². The first-order valence-corrected chi connectivity index (χ1v) is 15.7. The molecule has 44 heavy (non-hydrogen) atoms. The van der Waals surface area contributed by atoms with Crippen LogP contribution >= 0.6 is 0 Å². The number of ether oxygens (including phenoxy) is 1. The van der Waals surface area contributed by atoms with Crippen molar-refractivity contribution in [3.8, 4) is 0 Å². The fraction of sp³-hybridized carbons (Fsp3) is 0.371. The molecule has 9 heteroatoms. The number of fused-ring (bicyclic) bond motifs is 1. The fourth-order valence-electron chi connectivity index (χ4n) is 6.95. The molecule has 9 nitrogen and oxygen atoms in total. The number of hydrogen-bond donors (Lipinski definition) is 1. The van der Waals surface area contributed by atoms with Crippen LogP contribution in [0, 0.1) is 13.8 Å². The Morgan fingerprint density at radius 2 is 1.50 bits per heavy atom. The molecule has 4 heterocycles. The first kappa shape index (κ1) is 28.6. The molecule has 2 saturated heterocycles. The number of nitrogens with one attached hydrogen (secondary N) is 1. The predicted octanol–water partition coefficient (Wildman–Crippen LogP) is 4.81. The molecule has 2 aliphatic rings. The van der Waals surface area contributed by atoms with E-state index in [1.165, 1.54) is 11.1 Å². The lowest BCUT2D eigenvalue weighted by molar-refractivity contribution is 0.0778. The van der Waals surface area contributed by atoms with Crippen LogP contribution < -0.4 is 5.56 Å². The monoisotopic (exact) mass is 589 g/mol. The number of aromatic nitrogens is 5. The highest BCUT2D eigenvalue weighted by atomic mass is 16.5. The summed E-state index contributed by atoms with van der Waals surface area (Å²) in [5, 5.41) is 14.1. The number of nitrogens with zero attached hydrogens (tertiary/aromatic N) is 6. The number of aromatic amines is 1. The van der Waals surface area contributed by atoms with Crippen molar-refractivity contribution in [1.29, 1.82) is 0 Å². The third-order valence-electron chi connectivity index (χ3n) is 9.28. The number of rotatable bonds is 8. The van der Waals surface area contributed by atoms with Gasteiger partial charge in [0.25, 0.3) is 5.56 Å². The summed E-state index contributed by atoms with van der Waals surface area (Å²) < 4.78 is 7.80. The lowest BCUT2D eigenvalue weighted by Gasteiger charge is -2.42. The van der Waals surface area contributed by atoms with Gasteiger partial charge in [-0.2, -0.15) is 0 Å². The van der Waals surface area contributed by atoms with Gasteiger partial charge < -0.3 is 9.72 Å². The number of tetrazole rings is 1. The molecule has 2 aromatic heterocycles. The standard InChI is InChI=1S/C35H39N7O2/c1-24-15-16-25(2)31-29(24)22-30(35(43)36-31)33(34-37-38-39-42(34)23-28-14-9-21-44-28)41-19-17-40(18-20-41)32(26-10-5-3-6-11-26)27-12-7-4-8-13-27/h3-8,10-13,15-16,22,28,32-33H,9,14,17-21,23H2,1-2H3,(H,36,43)/t28-,33+/m1/s1.